The first-order chi connectivity index (χ1) is 33.8. The Morgan fingerprint density at radius 1 is 0.147 bits per heavy atom. The van der Waals surface area contributed by atoms with Gasteiger partial charge in [-0.25, -0.2) is 0 Å². The lowest BCUT2D eigenvalue weighted by molar-refractivity contribution is 1.33. The lowest BCUT2D eigenvalue weighted by Crippen LogP contribution is -2.12. The monoisotopic (exact) mass is 864 g/mol. The smallest absolute Gasteiger partial charge is 0.0540 e. The third-order valence-corrected chi connectivity index (χ3v) is 13.8. The van der Waals surface area contributed by atoms with E-state index in [2.05, 4.69) is 277 Å². The highest BCUT2D eigenvalue weighted by Gasteiger charge is 2.24. The number of anilines is 6. The predicted molar refractivity (Wildman–Crippen MR) is 292 cm³/mol. The summed E-state index contributed by atoms with van der Waals surface area (Å²) in [5.41, 5.74) is 11.6. The topological polar surface area (TPSA) is 6.48 Å². The fourth-order valence-corrected chi connectivity index (χ4v) is 10.8. The molecule has 0 amide bonds. The van der Waals surface area contributed by atoms with Crippen LogP contribution in [-0.2, 0) is 0 Å². The summed E-state index contributed by atoms with van der Waals surface area (Å²) in [6, 6.07) is 97.7. The number of nitrogens with zero attached hydrogens (tertiary/aromatic N) is 2. The highest BCUT2D eigenvalue weighted by Crippen LogP contribution is 2.50. The number of fused-ring (bicyclic) bond motifs is 6. The van der Waals surface area contributed by atoms with Gasteiger partial charge in [-0.05, 0) is 91.0 Å². The fourth-order valence-electron chi connectivity index (χ4n) is 10.8. The van der Waals surface area contributed by atoms with Crippen LogP contribution in [0.3, 0.4) is 0 Å². The highest BCUT2D eigenvalue weighted by molar-refractivity contribution is 6.15. The molecule has 0 spiro atoms. The SMILES string of the molecule is c1ccc(-c2ccc(N(c3cccc4ccccc34)c3cccc4ccccc34)c3ccccc23)c(-c2ccc(N(c3cccc4ccccc34)c3cccc4ccccc34)c3ccccc23)c1. The van der Waals surface area contributed by atoms with Crippen LogP contribution in [0.4, 0.5) is 34.1 Å². The molecule has 68 heavy (non-hydrogen) atoms. The maximum atomic E-state index is 2.48. The molecule has 0 atom stereocenters. The Labute approximate surface area is 395 Å². The van der Waals surface area contributed by atoms with Gasteiger partial charge in [0.15, 0.2) is 0 Å². The average Bonchev–Trinajstić information content (AvgIpc) is 3.41. The zero-order valence-electron chi connectivity index (χ0n) is 37.3. The maximum absolute atomic E-state index is 2.48. The summed E-state index contributed by atoms with van der Waals surface area (Å²) < 4.78 is 0. The van der Waals surface area contributed by atoms with Gasteiger partial charge >= 0.3 is 0 Å². The summed E-state index contributed by atoms with van der Waals surface area (Å²) in [6.07, 6.45) is 0. The Hall–Kier alpha value is -8.98. The number of hydrogen-bond acceptors (Lipinski definition) is 2. The molecule has 0 aromatic heterocycles. The van der Waals surface area contributed by atoms with Gasteiger partial charge in [0.1, 0.15) is 0 Å². The van der Waals surface area contributed by atoms with E-state index >= 15 is 0 Å². The van der Waals surface area contributed by atoms with Crippen molar-refractivity contribution >= 4 is 98.8 Å². The van der Waals surface area contributed by atoms with Gasteiger partial charge in [0, 0.05) is 32.3 Å². The summed E-state index contributed by atoms with van der Waals surface area (Å²) in [6.45, 7) is 0. The molecule has 0 fully saturated rings. The number of benzene rings is 13. The minimum absolute atomic E-state index is 1.13. The molecule has 0 unspecified atom stereocenters. The zero-order valence-corrected chi connectivity index (χ0v) is 37.3. The minimum atomic E-state index is 1.13. The standard InChI is InChI=1S/C66H44N2/c1-5-27-49-45(19-1)23-15-37-61(49)67(62-38-16-24-46-20-2-6-28-50(46)62)65-43-41-57(55-33-11-13-35-59(55)65)53-31-9-10-32-54(53)58-42-44-66(60-36-14-12-34-56(58)60)68(63-39-17-25-47-21-3-7-29-51(47)63)64-40-18-26-48-22-4-8-30-52(48)64/h1-44H. The molecule has 2 nitrogen and oxygen atoms in total. The molecule has 0 saturated heterocycles. The first kappa shape index (κ1) is 39.4. The van der Waals surface area contributed by atoms with Crippen LogP contribution in [-0.4, -0.2) is 0 Å². The summed E-state index contributed by atoms with van der Waals surface area (Å²) >= 11 is 0. The molecule has 0 heterocycles. The molecule has 13 aromatic rings. The van der Waals surface area contributed by atoms with Gasteiger partial charge in [-0.2, -0.15) is 0 Å². The molecule has 0 aliphatic carbocycles. The molecule has 13 rings (SSSR count). The average molecular weight is 865 g/mol. The highest BCUT2D eigenvalue weighted by atomic mass is 15.2. The Morgan fingerprint density at radius 3 is 0.706 bits per heavy atom. The minimum Gasteiger partial charge on any atom is -0.309 e. The summed E-state index contributed by atoms with van der Waals surface area (Å²) in [5, 5.41) is 14.4. The molecule has 0 N–H and O–H groups in total. The molecule has 318 valence electrons. The van der Waals surface area contributed by atoms with E-state index in [1.807, 2.05) is 0 Å². The van der Waals surface area contributed by atoms with Crippen molar-refractivity contribution in [3.63, 3.8) is 0 Å². The Kier molecular flexibility index (Phi) is 9.54. The van der Waals surface area contributed by atoms with E-state index in [1.54, 1.807) is 0 Å². The van der Waals surface area contributed by atoms with Crippen LogP contribution in [0.25, 0.3) is 86.9 Å². The third-order valence-electron chi connectivity index (χ3n) is 13.8. The molecular weight excluding hydrogens is 821 g/mol. The summed E-state index contributed by atoms with van der Waals surface area (Å²) in [7, 11) is 0. The fraction of sp³-hybridized carbons (Fsp3) is 0. The van der Waals surface area contributed by atoms with Gasteiger partial charge in [-0.1, -0.05) is 231 Å². The van der Waals surface area contributed by atoms with Crippen LogP contribution in [0.5, 0.6) is 0 Å². The van der Waals surface area contributed by atoms with Gasteiger partial charge in [-0.3, -0.25) is 0 Å². The summed E-state index contributed by atoms with van der Waals surface area (Å²) in [4.78, 5) is 4.96. The second kappa shape index (κ2) is 16.5. The Balaban J connectivity index is 1.02. The van der Waals surface area contributed by atoms with E-state index in [4.69, 9.17) is 0 Å². The first-order valence-electron chi connectivity index (χ1n) is 23.4. The van der Waals surface area contributed by atoms with Crippen LogP contribution in [0.2, 0.25) is 0 Å². The van der Waals surface area contributed by atoms with Crippen LogP contribution in [0.1, 0.15) is 0 Å². The van der Waals surface area contributed by atoms with Gasteiger partial charge in [0.25, 0.3) is 0 Å². The number of hydrogen-bond donors (Lipinski definition) is 0. The lowest BCUT2D eigenvalue weighted by Gasteiger charge is -2.30. The van der Waals surface area contributed by atoms with Crippen molar-refractivity contribution in [2.45, 2.75) is 0 Å². The van der Waals surface area contributed by atoms with Crippen molar-refractivity contribution in [1.82, 2.24) is 0 Å². The second-order valence-electron chi connectivity index (χ2n) is 17.6. The molecule has 0 saturated carbocycles. The molecule has 0 radical (unpaired) electrons. The van der Waals surface area contributed by atoms with E-state index in [0.717, 1.165) is 34.1 Å². The van der Waals surface area contributed by atoms with Crippen molar-refractivity contribution in [2.24, 2.45) is 0 Å². The quantitative estimate of drug-likeness (QED) is 0.150. The van der Waals surface area contributed by atoms with Crippen molar-refractivity contribution < 1.29 is 0 Å². The van der Waals surface area contributed by atoms with Crippen LogP contribution in [0, 0.1) is 0 Å². The van der Waals surface area contributed by atoms with Crippen molar-refractivity contribution in [1.29, 1.82) is 0 Å². The molecule has 2 heteroatoms. The van der Waals surface area contributed by atoms with E-state index in [1.165, 1.54) is 86.9 Å². The third kappa shape index (κ3) is 6.49. The van der Waals surface area contributed by atoms with E-state index in [9.17, 15) is 0 Å². The zero-order chi connectivity index (χ0) is 45.0. The molecule has 0 aliphatic heterocycles. The molecule has 0 bridgehead atoms. The largest absolute Gasteiger partial charge is 0.309 e. The van der Waals surface area contributed by atoms with Crippen LogP contribution >= 0.6 is 0 Å². The van der Waals surface area contributed by atoms with Crippen molar-refractivity contribution in [3.8, 4) is 22.3 Å². The lowest BCUT2D eigenvalue weighted by atomic mass is 9.88. The van der Waals surface area contributed by atoms with Gasteiger partial charge in [-0.15, -0.1) is 0 Å². The van der Waals surface area contributed by atoms with Gasteiger partial charge < -0.3 is 9.80 Å². The van der Waals surface area contributed by atoms with Crippen LogP contribution < -0.4 is 9.80 Å². The van der Waals surface area contributed by atoms with Crippen molar-refractivity contribution in [3.05, 3.63) is 267 Å². The van der Waals surface area contributed by atoms with Gasteiger partial charge in [0.05, 0.1) is 34.1 Å². The second-order valence-corrected chi connectivity index (χ2v) is 17.6. The summed E-state index contributed by atoms with van der Waals surface area (Å²) in [5.74, 6) is 0. The van der Waals surface area contributed by atoms with Crippen molar-refractivity contribution in [2.75, 3.05) is 9.80 Å². The molecule has 13 aromatic carbocycles. The normalized spacial score (nSPS) is 11.5. The Morgan fingerprint density at radius 2 is 0.382 bits per heavy atom. The Bertz CT molecular complexity index is 3630. The molecular formula is C66H44N2. The van der Waals surface area contributed by atoms with Gasteiger partial charge in [0.2, 0.25) is 0 Å². The van der Waals surface area contributed by atoms with E-state index in [0.29, 0.717) is 0 Å². The maximum Gasteiger partial charge on any atom is 0.0540 e. The molecule has 0 aliphatic rings. The number of rotatable bonds is 8. The van der Waals surface area contributed by atoms with Crippen LogP contribution in [0.15, 0.2) is 267 Å². The van der Waals surface area contributed by atoms with E-state index in [-0.39, 0.29) is 0 Å². The first-order valence-corrected chi connectivity index (χ1v) is 23.4. The predicted octanol–water partition coefficient (Wildman–Crippen LogP) is 18.9. The van der Waals surface area contributed by atoms with E-state index < -0.39 is 0 Å².